The molecule has 0 atom stereocenters. The average molecular weight is 365 g/mol. The van der Waals surface area contributed by atoms with Gasteiger partial charge in [0.05, 0.1) is 5.69 Å². The summed E-state index contributed by atoms with van der Waals surface area (Å²) >= 11 is 3.28. The number of aryl methyl sites for hydroxylation is 1. The van der Waals surface area contributed by atoms with Crippen LogP contribution in [0.1, 0.15) is 12.0 Å². The summed E-state index contributed by atoms with van der Waals surface area (Å²) in [5.74, 6) is -0.682. The van der Waals surface area contributed by atoms with E-state index in [0.717, 1.165) is 18.4 Å². The van der Waals surface area contributed by atoms with E-state index in [4.69, 9.17) is 0 Å². The van der Waals surface area contributed by atoms with Crippen LogP contribution in [0.25, 0.3) is 0 Å². The second-order valence-electron chi connectivity index (χ2n) is 5.21. The number of nitrogens with zero attached hydrogens (tertiary/aromatic N) is 2. The highest BCUT2D eigenvalue weighted by molar-refractivity contribution is 9.10. The topological polar surface area (TPSA) is 42.3 Å². The van der Waals surface area contributed by atoms with Gasteiger partial charge in [0.25, 0.3) is 5.56 Å². The Hall–Kier alpha value is -1.95. The maximum absolute atomic E-state index is 14.1. The lowest BCUT2D eigenvalue weighted by atomic mass is 10.0. The molecule has 0 bridgehead atoms. The summed E-state index contributed by atoms with van der Waals surface area (Å²) in [5, 5.41) is 0. The van der Waals surface area contributed by atoms with Crippen molar-refractivity contribution in [3.63, 3.8) is 0 Å². The third kappa shape index (κ3) is 2.83. The zero-order chi connectivity index (χ0) is 15.7. The van der Waals surface area contributed by atoms with Gasteiger partial charge < -0.3 is 9.47 Å². The molecule has 0 radical (unpaired) electrons. The number of fused-ring (bicyclic) bond motifs is 1. The van der Waals surface area contributed by atoms with Gasteiger partial charge in [-0.25, -0.2) is 4.39 Å². The van der Waals surface area contributed by atoms with E-state index < -0.39 is 5.82 Å². The fourth-order valence-electron chi connectivity index (χ4n) is 2.71. The summed E-state index contributed by atoms with van der Waals surface area (Å²) in [6, 6.07) is 7.86. The molecule has 0 aliphatic carbocycles. The molecule has 0 N–H and O–H groups in total. The van der Waals surface area contributed by atoms with E-state index in [2.05, 4.69) is 15.9 Å². The highest BCUT2D eigenvalue weighted by Gasteiger charge is 2.25. The summed E-state index contributed by atoms with van der Waals surface area (Å²) in [4.78, 5) is 25.8. The minimum absolute atomic E-state index is 0.105. The fourth-order valence-corrected chi connectivity index (χ4v) is 3.09. The van der Waals surface area contributed by atoms with Gasteiger partial charge in [0.2, 0.25) is 5.91 Å². The number of benzene rings is 1. The first kappa shape index (κ1) is 15.0. The minimum Gasteiger partial charge on any atom is -0.308 e. The van der Waals surface area contributed by atoms with E-state index in [0.29, 0.717) is 16.7 Å². The molecule has 1 aromatic carbocycles. The molecule has 4 nitrogen and oxygen atoms in total. The molecule has 0 saturated heterocycles. The third-order valence-electron chi connectivity index (χ3n) is 3.72. The summed E-state index contributed by atoms with van der Waals surface area (Å²) in [5.41, 5.74) is 0.922. The van der Waals surface area contributed by atoms with Gasteiger partial charge in [-0.1, -0.05) is 12.1 Å². The molecule has 0 fully saturated rings. The molecule has 1 amide bonds. The van der Waals surface area contributed by atoms with Crippen molar-refractivity contribution in [1.29, 1.82) is 0 Å². The molecule has 2 heterocycles. The van der Waals surface area contributed by atoms with Crippen LogP contribution in [0.2, 0.25) is 0 Å². The van der Waals surface area contributed by atoms with Gasteiger partial charge in [-0.2, -0.15) is 0 Å². The lowest BCUT2D eigenvalue weighted by Gasteiger charge is -2.30. The summed E-state index contributed by atoms with van der Waals surface area (Å²) in [7, 11) is 0. The highest BCUT2D eigenvalue weighted by atomic mass is 79.9. The summed E-state index contributed by atoms with van der Waals surface area (Å²) in [6.45, 7) is 0.363. The number of pyridine rings is 1. The Morgan fingerprint density at radius 3 is 2.91 bits per heavy atom. The minimum atomic E-state index is -0.396. The van der Waals surface area contributed by atoms with Gasteiger partial charge in [-0.05, 0) is 46.5 Å². The second kappa shape index (κ2) is 6.04. The standard InChI is InChI=1S/C16H14BrFN2O2/c17-12-6-7-14(21)19(9-12)10-15(22)20-8-2-4-11-3-1-5-13(18)16(11)20/h1,3,5-7,9H,2,4,8,10H2. The molecular formula is C16H14BrFN2O2. The zero-order valence-electron chi connectivity index (χ0n) is 11.8. The predicted octanol–water partition coefficient (Wildman–Crippen LogP) is 2.73. The molecule has 0 saturated carbocycles. The van der Waals surface area contributed by atoms with Gasteiger partial charge in [-0.15, -0.1) is 0 Å². The number of aromatic nitrogens is 1. The van der Waals surface area contributed by atoms with Crippen molar-refractivity contribution in [2.45, 2.75) is 19.4 Å². The lowest BCUT2D eigenvalue weighted by molar-refractivity contribution is -0.119. The Balaban J connectivity index is 1.91. The quantitative estimate of drug-likeness (QED) is 0.822. The summed E-state index contributed by atoms with van der Waals surface area (Å²) < 4.78 is 16.1. The van der Waals surface area contributed by atoms with Crippen molar-refractivity contribution in [3.05, 3.63) is 62.7 Å². The molecule has 0 unspecified atom stereocenters. The first-order valence-corrected chi connectivity index (χ1v) is 7.79. The zero-order valence-corrected chi connectivity index (χ0v) is 13.3. The Kier molecular flexibility index (Phi) is 4.11. The van der Waals surface area contributed by atoms with Crippen molar-refractivity contribution >= 4 is 27.5 Å². The van der Waals surface area contributed by atoms with Crippen molar-refractivity contribution in [1.82, 2.24) is 4.57 Å². The van der Waals surface area contributed by atoms with Crippen LogP contribution in [-0.2, 0) is 17.8 Å². The van der Waals surface area contributed by atoms with Crippen LogP contribution < -0.4 is 10.5 Å². The van der Waals surface area contributed by atoms with E-state index in [1.807, 2.05) is 6.07 Å². The van der Waals surface area contributed by atoms with Crippen LogP contribution in [0.15, 0.2) is 45.8 Å². The van der Waals surface area contributed by atoms with Crippen molar-refractivity contribution in [2.24, 2.45) is 0 Å². The molecule has 6 heteroatoms. The number of carbonyl (C=O) groups is 1. The molecule has 114 valence electrons. The van der Waals surface area contributed by atoms with E-state index in [1.54, 1.807) is 18.3 Å². The molecule has 1 aromatic heterocycles. The maximum Gasteiger partial charge on any atom is 0.251 e. The Bertz CT molecular complexity index is 788. The normalized spacial score (nSPS) is 13.8. The van der Waals surface area contributed by atoms with E-state index in [1.165, 1.54) is 21.6 Å². The van der Waals surface area contributed by atoms with Gasteiger partial charge in [0, 0.05) is 23.3 Å². The predicted molar refractivity (Wildman–Crippen MR) is 85.5 cm³/mol. The number of hydrogen-bond acceptors (Lipinski definition) is 2. The molecule has 22 heavy (non-hydrogen) atoms. The van der Waals surface area contributed by atoms with Crippen LogP contribution in [0.5, 0.6) is 0 Å². The smallest absolute Gasteiger partial charge is 0.251 e. The fraction of sp³-hybridized carbons (Fsp3) is 0.250. The molecule has 1 aliphatic heterocycles. The van der Waals surface area contributed by atoms with Crippen molar-refractivity contribution in [2.75, 3.05) is 11.4 Å². The summed E-state index contributed by atoms with van der Waals surface area (Å²) in [6.07, 6.45) is 3.11. The lowest BCUT2D eigenvalue weighted by Crippen LogP contribution is -2.40. The maximum atomic E-state index is 14.1. The highest BCUT2D eigenvalue weighted by Crippen LogP contribution is 2.30. The number of halogens is 2. The molecule has 1 aliphatic rings. The van der Waals surface area contributed by atoms with Crippen molar-refractivity contribution < 1.29 is 9.18 Å². The number of rotatable bonds is 2. The van der Waals surface area contributed by atoms with E-state index >= 15 is 0 Å². The van der Waals surface area contributed by atoms with Crippen LogP contribution >= 0.6 is 15.9 Å². The van der Waals surface area contributed by atoms with Crippen molar-refractivity contribution in [3.8, 4) is 0 Å². The SMILES string of the molecule is O=C(Cn1cc(Br)ccc1=O)N1CCCc2cccc(F)c21. The average Bonchev–Trinajstić information content (AvgIpc) is 2.50. The van der Waals surface area contributed by atoms with E-state index in [-0.39, 0.29) is 18.0 Å². The van der Waals surface area contributed by atoms with Gasteiger partial charge in [0.1, 0.15) is 12.4 Å². The van der Waals surface area contributed by atoms with Gasteiger partial charge in [-0.3, -0.25) is 9.59 Å². The largest absolute Gasteiger partial charge is 0.308 e. The Morgan fingerprint density at radius 2 is 2.09 bits per heavy atom. The monoisotopic (exact) mass is 364 g/mol. The molecule has 0 spiro atoms. The second-order valence-corrected chi connectivity index (χ2v) is 6.13. The Labute approximate surface area is 135 Å². The van der Waals surface area contributed by atoms with Crippen LogP contribution in [-0.4, -0.2) is 17.0 Å². The number of amides is 1. The number of hydrogen-bond donors (Lipinski definition) is 0. The first-order valence-electron chi connectivity index (χ1n) is 7.00. The van der Waals surface area contributed by atoms with Gasteiger partial charge >= 0.3 is 0 Å². The third-order valence-corrected chi connectivity index (χ3v) is 4.19. The molecular weight excluding hydrogens is 351 g/mol. The number of anilines is 1. The van der Waals surface area contributed by atoms with Crippen LogP contribution in [0, 0.1) is 5.82 Å². The van der Waals surface area contributed by atoms with Crippen LogP contribution in [0.3, 0.4) is 0 Å². The Morgan fingerprint density at radius 1 is 1.27 bits per heavy atom. The number of para-hydroxylation sites is 1. The number of carbonyl (C=O) groups excluding carboxylic acids is 1. The first-order chi connectivity index (χ1) is 10.6. The van der Waals surface area contributed by atoms with Gasteiger partial charge in [0.15, 0.2) is 0 Å². The van der Waals surface area contributed by atoms with E-state index in [9.17, 15) is 14.0 Å². The van der Waals surface area contributed by atoms with Crippen LogP contribution in [0.4, 0.5) is 10.1 Å². The molecule has 3 rings (SSSR count). The molecule has 2 aromatic rings.